The summed E-state index contributed by atoms with van der Waals surface area (Å²) in [5, 5.41) is 12.5. The Labute approximate surface area is 140 Å². The predicted octanol–water partition coefficient (Wildman–Crippen LogP) is 3.02. The molecule has 1 amide bonds. The molecule has 2 unspecified atom stereocenters. The molecule has 1 N–H and O–H groups in total. The fraction of sp³-hybridized carbons (Fsp3) is 0.200. The molecule has 0 saturated heterocycles. The van der Waals surface area contributed by atoms with Crippen molar-refractivity contribution in [3.05, 3.63) is 70.8 Å². The Morgan fingerprint density at radius 3 is 2.62 bits per heavy atom. The maximum atomic E-state index is 12.5. The van der Waals surface area contributed by atoms with Crippen LogP contribution in [0.2, 0.25) is 0 Å². The Hall–Kier alpha value is -3.06. The van der Waals surface area contributed by atoms with Gasteiger partial charge in [0.25, 0.3) is 0 Å². The predicted molar refractivity (Wildman–Crippen MR) is 90.0 cm³/mol. The second-order valence-corrected chi connectivity index (χ2v) is 6.08. The summed E-state index contributed by atoms with van der Waals surface area (Å²) >= 11 is 0. The Morgan fingerprint density at radius 1 is 1.17 bits per heavy atom. The maximum absolute atomic E-state index is 12.5. The molecule has 0 radical (unpaired) electrons. The van der Waals surface area contributed by atoms with E-state index in [1.54, 1.807) is 7.11 Å². The summed E-state index contributed by atoms with van der Waals surface area (Å²) in [5.74, 6) is -0.409. The molecule has 0 aromatic heterocycles. The van der Waals surface area contributed by atoms with Gasteiger partial charge in [0.1, 0.15) is 11.7 Å². The molecule has 24 heavy (non-hydrogen) atoms. The van der Waals surface area contributed by atoms with Crippen LogP contribution in [0.15, 0.2) is 54.1 Å². The number of carbonyl (C=O) groups excluding carboxylic acids is 1. The first-order chi connectivity index (χ1) is 11.7. The van der Waals surface area contributed by atoms with Crippen LogP contribution in [-0.2, 0) is 11.2 Å². The molecule has 1 aliphatic carbocycles. The third kappa shape index (κ3) is 2.10. The first-order valence-corrected chi connectivity index (χ1v) is 7.88. The molecular weight excluding hydrogens is 300 g/mol. The number of amides is 1. The molecule has 2 aliphatic rings. The third-order valence-corrected chi connectivity index (χ3v) is 4.84. The zero-order chi connectivity index (χ0) is 16.7. The van der Waals surface area contributed by atoms with Crippen molar-refractivity contribution in [1.29, 1.82) is 5.26 Å². The lowest BCUT2D eigenvalue weighted by molar-refractivity contribution is -0.122. The summed E-state index contributed by atoms with van der Waals surface area (Å²) in [6, 6.07) is 17.9. The number of hydrogen-bond donors (Lipinski definition) is 1. The van der Waals surface area contributed by atoms with Crippen LogP contribution in [0.1, 0.15) is 22.6 Å². The van der Waals surface area contributed by atoms with Crippen molar-refractivity contribution in [3.8, 4) is 11.8 Å². The highest BCUT2D eigenvalue weighted by Crippen LogP contribution is 2.45. The van der Waals surface area contributed by atoms with Gasteiger partial charge in [-0.1, -0.05) is 36.4 Å². The van der Waals surface area contributed by atoms with Crippen LogP contribution in [0.25, 0.3) is 5.70 Å². The summed E-state index contributed by atoms with van der Waals surface area (Å²) in [6.45, 7) is 0. The SMILES string of the molecule is COc1ccc(C2C3=C(NC(=O)C2C#N)c2ccccc2C3)cc1. The molecule has 4 heteroatoms. The van der Waals surface area contributed by atoms with Crippen LogP contribution < -0.4 is 10.1 Å². The normalized spacial score (nSPS) is 21.6. The number of nitrogens with zero attached hydrogens (tertiary/aromatic N) is 1. The van der Waals surface area contributed by atoms with Gasteiger partial charge in [-0.05, 0) is 35.3 Å². The number of nitrogens with one attached hydrogen (secondary N) is 1. The van der Waals surface area contributed by atoms with Crippen molar-refractivity contribution in [2.24, 2.45) is 5.92 Å². The van der Waals surface area contributed by atoms with E-state index in [0.717, 1.165) is 34.6 Å². The van der Waals surface area contributed by atoms with E-state index in [4.69, 9.17) is 4.74 Å². The third-order valence-electron chi connectivity index (χ3n) is 4.84. The molecule has 2 aromatic rings. The van der Waals surface area contributed by atoms with Crippen LogP contribution in [0.5, 0.6) is 5.75 Å². The molecule has 118 valence electrons. The lowest BCUT2D eigenvalue weighted by Crippen LogP contribution is -2.38. The summed E-state index contributed by atoms with van der Waals surface area (Å²) < 4.78 is 5.21. The summed E-state index contributed by atoms with van der Waals surface area (Å²) in [5.41, 5.74) is 5.23. The van der Waals surface area contributed by atoms with Crippen LogP contribution in [0.3, 0.4) is 0 Å². The fourth-order valence-electron chi connectivity index (χ4n) is 3.69. The van der Waals surface area contributed by atoms with Gasteiger partial charge in [0, 0.05) is 17.2 Å². The number of methoxy groups -OCH3 is 1. The van der Waals surface area contributed by atoms with E-state index in [1.807, 2.05) is 42.5 Å². The van der Waals surface area contributed by atoms with E-state index in [0.29, 0.717) is 0 Å². The van der Waals surface area contributed by atoms with Crippen LogP contribution in [-0.4, -0.2) is 13.0 Å². The molecule has 1 aliphatic heterocycles. The zero-order valence-corrected chi connectivity index (χ0v) is 13.2. The minimum Gasteiger partial charge on any atom is -0.497 e. The highest BCUT2D eigenvalue weighted by Gasteiger charge is 2.41. The fourth-order valence-corrected chi connectivity index (χ4v) is 3.69. The van der Waals surface area contributed by atoms with Gasteiger partial charge >= 0.3 is 0 Å². The van der Waals surface area contributed by atoms with Gasteiger partial charge in [-0.25, -0.2) is 0 Å². The molecule has 1 heterocycles. The molecule has 0 bridgehead atoms. The number of nitriles is 1. The van der Waals surface area contributed by atoms with Crippen molar-refractivity contribution in [1.82, 2.24) is 5.32 Å². The van der Waals surface area contributed by atoms with E-state index in [1.165, 1.54) is 5.56 Å². The summed E-state index contributed by atoms with van der Waals surface area (Å²) in [4.78, 5) is 12.5. The second-order valence-electron chi connectivity index (χ2n) is 6.08. The van der Waals surface area contributed by atoms with Gasteiger partial charge in [0.15, 0.2) is 0 Å². The monoisotopic (exact) mass is 316 g/mol. The quantitative estimate of drug-likeness (QED) is 0.926. The lowest BCUT2D eigenvalue weighted by Gasteiger charge is -2.29. The van der Waals surface area contributed by atoms with E-state index < -0.39 is 5.92 Å². The molecule has 2 aromatic carbocycles. The second kappa shape index (κ2) is 5.54. The van der Waals surface area contributed by atoms with Crippen molar-refractivity contribution >= 4 is 11.6 Å². The van der Waals surface area contributed by atoms with Gasteiger partial charge in [-0.15, -0.1) is 0 Å². The van der Waals surface area contributed by atoms with Crippen LogP contribution >= 0.6 is 0 Å². The Morgan fingerprint density at radius 2 is 1.92 bits per heavy atom. The first kappa shape index (κ1) is 14.5. The number of allylic oxidation sites excluding steroid dienone is 1. The van der Waals surface area contributed by atoms with Crippen molar-refractivity contribution < 1.29 is 9.53 Å². The standard InChI is InChI=1S/C20H16N2O2/c1-24-14-8-6-12(7-9-14)18-16-10-13-4-2-3-5-15(13)19(16)22-20(23)17(18)11-21/h2-9,17-18H,10H2,1H3,(H,22,23). The highest BCUT2D eigenvalue weighted by molar-refractivity contribution is 5.97. The number of benzene rings is 2. The van der Waals surface area contributed by atoms with Crippen LogP contribution in [0, 0.1) is 17.2 Å². The van der Waals surface area contributed by atoms with Crippen molar-refractivity contribution in [2.75, 3.05) is 7.11 Å². The molecular formula is C20H16N2O2. The molecule has 4 nitrogen and oxygen atoms in total. The van der Waals surface area contributed by atoms with E-state index in [9.17, 15) is 10.1 Å². The van der Waals surface area contributed by atoms with Crippen LogP contribution in [0.4, 0.5) is 0 Å². The Kier molecular flexibility index (Phi) is 3.35. The van der Waals surface area contributed by atoms with Crippen molar-refractivity contribution in [2.45, 2.75) is 12.3 Å². The molecule has 0 saturated carbocycles. The molecule has 0 fully saturated rings. The van der Waals surface area contributed by atoms with Gasteiger partial charge in [0.05, 0.1) is 13.2 Å². The Bertz CT molecular complexity index is 891. The summed E-state index contributed by atoms with van der Waals surface area (Å²) in [6.07, 6.45) is 0.765. The van der Waals surface area contributed by atoms with Crippen molar-refractivity contribution in [3.63, 3.8) is 0 Å². The van der Waals surface area contributed by atoms with Gasteiger partial charge in [-0.2, -0.15) is 5.26 Å². The minimum atomic E-state index is -0.716. The van der Waals surface area contributed by atoms with Gasteiger partial charge < -0.3 is 10.1 Å². The molecule has 2 atom stereocenters. The largest absolute Gasteiger partial charge is 0.497 e. The average molecular weight is 316 g/mol. The zero-order valence-electron chi connectivity index (χ0n) is 13.2. The first-order valence-electron chi connectivity index (χ1n) is 7.88. The van der Waals surface area contributed by atoms with E-state index >= 15 is 0 Å². The summed E-state index contributed by atoms with van der Waals surface area (Å²) in [7, 11) is 1.62. The topological polar surface area (TPSA) is 62.1 Å². The number of ether oxygens (including phenoxy) is 1. The lowest BCUT2D eigenvalue weighted by atomic mass is 9.77. The van der Waals surface area contributed by atoms with E-state index in [-0.39, 0.29) is 11.8 Å². The number of carbonyl (C=O) groups is 1. The number of fused-ring (bicyclic) bond motifs is 2. The average Bonchev–Trinajstić information content (AvgIpc) is 2.99. The molecule has 4 rings (SSSR count). The smallest absolute Gasteiger partial charge is 0.242 e. The molecule has 0 spiro atoms. The highest BCUT2D eigenvalue weighted by atomic mass is 16.5. The van der Waals surface area contributed by atoms with E-state index in [2.05, 4.69) is 17.5 Å². The number of rotatable bonds is 2. The maximum Gasteiger partial charge on any atom is 0.242 e. The van der Waals surface area contributed by atoms with Gasteiger partial charge in [-0.3, -0.25) is 4.79 Å². The number of hydrogen-bond acceptors (Lipinski definition) is 3. The Balaban J connectivity index is 1.84. The van der Waals surface area contributed by atoms with Gasteiger partial charge in [0.2, 0.25) is 5.91 Å². The minimum absolute atomic E-state index is 0.225.